The van der Waals surface area contributed by atoms with E-state index in [1.54, 1.807) is 24.4 Å². The minimum Gasteiger partial charge on any atom is -0.325 e. The summed E-state index contributed by atoms with van der Waals surface area (Å²) in [5, 5.41) is 9.64. The summed E-state index contributed by atoms with van der Waals surface area (Å²) in [5.74, 6) is -0.311. The lowest BCUT2D eigenvalue weighted by atomic mass is 10.2. The van der Waals surface area contributed by atoms with Crippen LogP contribution in [-0.4, -0.2) is 46.6 Å². The number of aromatic nitrogens is 2. The first-order chi connectivity index (χ1) is 11.0. The molecule has 2 amide bonds. The number of benzene rings is 1. The van der Waals surface area contributed by atoms with Crippen molar-refractivity contribution in [3.05, 3.63) is 42.7 Å². The van der Waals surface area contributed by atoms with Crippen LogP contribution in [0.15, 0.2) is 42.7 Å². The smallest absolute Gasteiger partial charge is 0.238 e. The van der Waals surface area contributed by atoms with E-state index in [2.05, 4.69) is 15.7 Å². The number of rotatable bonds is 7. The Morgan fingerprint density at radius 3 is 2.48 bits per heavy atom. The van der Waals surface area contributed by atoms with Crippen LogP contribution in [0.25, 0.3) is 0 Å². The zero-order chi connectivity index (χ0) is 16.7. The molecule has 0 aliphatic rings. The van der Waals surface area contributed by atoms with Crippen LogP contribution >= 0.6 is 0 Å². The van der Waals surface area contributed by atoms with E-state index >= 15 is 0 Å². The first kappa shape index (κ1) is 16.7. The third-order valence-corrected chi connectivity index (χ3v) is 3.20. The molecule has 0 saturated carbocycles. The van der Waals surface area contributed by atoms with Crippen molar-refractivity contribution < 1.29 is 9.59 Å². The van der Waals surface area contributed by atoms with Crippen molar-refractivity contribution in [2.45, 2.75) is 13.5 Å². The maximum atomic E-state index is 12.1. The zero-order valence-electron chi connectivity index (χ0n) is 13.3. The fourth-order valence-corrected chi connectivity index (χ4v) is 2.11. The number of nitrogens with zero attached hydrogens (tertiary/aromatic N) is 3. The summed E-state index contributed by atoms with van der Waals surface area (Å²) in [6.45, 7) is 3.12. The van der Waals surface area contributed by atoms with Crippen LogP contribution in [0.2, 0.25) is 0 Å². The van der Waals surface area contributed by atoms with Crippen LogP contribution in [0.3, 0.4) is 0 Å². The summed E-state index contributed by atoms with van der Waals surface area (Å²) in [5.41, 5.74) is 1.18. The molecule has 0 bridgehead atoms. The first-order valence-electron chi connectivity index (χ1n) is 7.37. The van der Waals surface area contributed by atoms with Gasteiger partial charge in [0, 0.05) is 25.9 Å². The molecule has 0 spiro atoms. The quantitative estimate of drug-likeness (QED) is 0.810. The van der Waals surface area contributed by atoms with Crippen molar-refractivity contribution in [3.8, 4) is 0 Å². The predicted octanol–water partition coefficient (Wildman–Crippen LogP) is 1.41. The highest BCUT2D eigenvalue weighted by Gasteiger charge is 2.10. The highest BCUT2D eigenvalue weighted by atomic mass is 16.2. The lowest BCUT2D eigenvalue weighted by Crippen LogP contribution is -2.32. The van der Waals surface area contributed by atoms with Gasteiger partial charge in [0.05, 0.1) is 24.5 Å². The third-order valence-electron chi connectivity index (χ3n) is 3.20. The molecule has 0 fully saturated rings. The average Bonchev–Trinajstić information content (AvgIpc) is 3.00. The minimum absolute atomic E-state index is 0.134. The highest BCUT2D eigenvalue weighted by molar-refractivity contribution is 5.99. The molecule has 1 heterocycles. The Morgan fingerprint density at radius 1 is 1.17 bits per heavy atom. The second kappa shape index (κ2) is 8.09. The number of likely N-dealkylation sites (N-methyl/N-ethyl adjacent to an activating group) is 1. The van der Waals surface area contributed by atoms with E-state index in [4.69, 9.17) is 0 Å². The Hall–Kier alpha value is -2.67. The molecule has 122 valence electrons. The molecule has 2 aromatic rings. The van der Waals surface area contributed by atoms with Crippen molar-refractivity contribution in [1.82, 2.24) is 14.7 Å². The second-order valence-electron chi connectivity index (χ2n) is 5.28. The van der Waals surface area contributed by atoms with Crippen LogP contribution in [0.5, 0.6) is 0 Å². The topological polar surface area (TPSA) is 79.3 Å². The maximum absolute atomic E-state index is 12.1. The Morgan fingerprint density at radius 2 is 1.87 bits per heavy atom. The fourth-order valence-electron chi connectivity index (χ4n) is 2.11. The van der Waals surface area contributed by atoms with E-state index in [-0.39, 0.29) is 18.4 Å². The van der Waals surface area contributed by atoms with Gasteiger partial charge >= 0.3 is 0 Å². The summed E-state index contributed by atoms with van der Waals surface area (Å²) in [6, 6.07) is 8.98. The summed E-state index contributed by atoms with van der Waals surface area (Å²) in [7, 11) is 1.88. The Kier molecular flexibility index (Phi) is 5.87. The van der Waals surface area contributed by atoms with Gasteiger partial charge in [0.15, 0.2) is 0 Å². The van der Waals surface area contributed by atoms with Crippen LogP contribution in [0.4, 0.5) is 11.4 Å². The molecule has 1 aromatic heterocycles. The Labute approximate surface area is 135 Å². The SMILES string of the molecule is CC(=O)Nc1ccccc1NC(=O)CN(C)CCn1cccn1. The number of carbonyl (C=O) groups is 2. The van der Waals surface area contributed by atoms with Gasteiger partial charge in [-0.1, -0.05) is 12.1 Å². The molecule has 0 saturated heterocycles. The number of hydrogen-bond acceptors (Lipinski definition) is 4. The van der Waals surface area contributed by atoms with Crippen LogP contribution < -0.4 is 10.6 Å². The van der Waals surface area contributed by atoms with Gasteiger partial charge in [-0.05, 0) is 25.2 Å². The summed E-state index contributed by atoms with van der Waals surface area (Å²) >= 11 is 0. The van der Waals surface area contributed by atoms with Crippen LogP contribution in [0.1, 0.15) is 6.92 Å². The molecule has 7 heteroatoms. The average molecular weight is 315 g/mol. The van der Waals surface area contributed by atoms with Crippen molar-refractivity contribution in [1.29, 1.82) is 0 Å². The number of para-hydroxylation sites is 2. The fraction of sp³-hybridized carbons (Fsp3) is 0.312. The van der Waals surface area contributed by atoms with Gasteiger partial charge in [0.1, 0.15) is 0 Å². The molecule has 0 atom stereocenters. The van der Waals surface area contributed by atoms with Gasteiger partial charge in [0.25, 0.3) is 0 Å². The van der Waals surface area contributed by atoms with Gasteiger partial charge in [0.2, 0.25) is 11.8 Å². The van der Waals surface area contributed by atoms with Gasteiger partial charge in [-0.3, -0.25) is 19.2 Å². The van der Waals surface area contributed by atoms with Gasteiger partial charge in [-0.2, -0.15) is 5.10 Å². The molecule has 0 unspecified atom stereocenters. The van der Waals surface area contributed by atoms with E-state index in [9.17, 15) is 9.59 Å². The lowest BCUT2D eigenvalue weighted by Gasteiger charge is -2.17. The number of hydrogen-bond donors (Lipinski definition) is 2. The number of anilines is 2. The monoisotopic (exact) mass is 315 g/mol. The summed E-state index contributed by atoms with van der Waals surface area (Å²) in [6.07, 6.45) is 3.61. The largest absolute Gasteiger partial charge is 0.325 e. The summed E-state index contributed by atoms with van der Waals surface area (Å²) < 4.78 is 1.82. The van der Waals surface area contributed by atoms with Crippen molar-refractivity contribution in [3.63, 3.8) is 0 Å². The van der Waals surface area contributed by atoms with E-state index in [1.165, 1.54) is 6.92 Å². The second-order valence-corrected chi connectivity index (χ2v) is 5.28. The van der Waals surface area contributed by atoms with Gasteiger partial charge in [-0.25, -0.2) is 0 Å². The molecule has 1 aromatic carbocycles. The van der Waals surface area contributed by atoms with Crippen molar-refractivity contribution >= 4 is 23.2 Å². The molecule has 7 nitrogen and oxygen atoms in total. The summed E-state index contributed by atoms with van der Waals surface area (Å²) in [4.78, 5) is 25.2. The van der Waals surface area contributed by atoms with E-state index in [0.29, 0.717) is 17.9 Å². The molecular formula is C16H21N5O2. The number of carbonyl (C=O) groups excluding carboxylic acids is 2. The van der Waals surface area contributed by atoms with E-state index in [1.807, 2.05) is 35.0 Å². The first-order valence-corrected chi connectivity index (χ1v) is 7.37. The Bertz CT molecular complexity index is 654. The normalized spacial score (nSPS) is 10.6. The number of amides is 2. The molecule has 0 aliphatic carbocycles. The van der Waals surface area contributed by atoms with Crippen molar-refractivity contribution in [2.24, 2.45) is 0 Å². The third kappa shape index (κ3) is 5.55. The predicted molar refractivity (Wildman–Crippen MR) is 89.1 cm³/mol. The highest BCUT2D eigenvalue weighted by Crippen LogP contribution is 2.20. The van der Waals surface area contributed by atoms with E-state index in [0.717, 1.165) is 6.54 Å². The lowest BCUT2D eigenvalue weighted by molar-refractivity contribution is -0.117. The maximum Gasteiger partial charge on any atom is 0.238 e. The van der Waals surface area contributed by atoms with Crippen LogP contribution in [-0.2, 0) is 16.1 Å². The van der Waals surface area contributed by atoms with Crippen LogP contribution in [0, 0.1) is 0 Å². The number of nitrogens with one attached hydrogen (secondary N) is 2. The van der Waals surface area contributed by atoms with Gasteiger partial charge < -0.3 is 10.6 Å². The zero-order valence-corrected chi connectivity index (χ0v) is 13.3. The van der Waals surface area contributed by atoms with E-state index < -0.39 is 0 Å². The molecule has 0 aliphatic heterocycles. The van der Waals surface area contributed by atoms with Gasteiger partial charge in [-0.15, -0.1) is 0 Å². The molecule has 0 radical (unpaired) electrons. The standard InChI is InChI=1S/C16H21N5O2/c1-13(22)18-14-6-3-4-7-15(14)19-16(23)12-20(2)10-11-21-9-5-8-17-21/h3-9H,10-12H2,1-2H3,(H,18,22)(H,19,23). The molecular weight excluding hydrogens is 294 g/mol. The molecule has 2 rings (SSSR count). The molecule has 23 heavy (non-hydrogen) atoms. The molecule has 2 N–H and O–H groups in total. The minimum atomic E-state index is -0.178. The Balaban J connectivity index is 1.85. The van der Waals surface area contributed by atoms with Crippen molar-refractivity contribution in [2.75, 3.05) is 30.8 Å².